The molecule has 2 aromatic rings. The number of benzene rings is 1. The normalized spacial score (nSPS) is 12.6. The minimum Gasteiger partial charge on any atom is -0.336 e. The van der Waals surface area contributed by atoms with Crippen LogP contribution in [0.3, 0.4) is 0 Å². The molecule has 16 heavy (non-hydrogen) atoms. The Hall–Kier alpha value is -1.61. The van der Waals surface area contributed by atoms with E-state index in [1.807, 2.05) is 25.8 Å². The van der Waals surface area contributed by atoms with E-state index in [-0.39, 0.29) is 0 Å². The first-order valence-electron chi connectivity index (χ1n) is 5.50. The number of nitrogens with one attached hydrogen (secondary N) is 1. The van der Waals surface area contributed by atoms with Gasteiger partial charge in [0.2, 0.25) is 0 Å². The number of aromatic nitrogens is 2. The third-order valence-corrected chi connectivity index (χ3v) is 2.86. The molecule has 0 bridgehead atoms. The summed E-state index contributed by atoms with van der Waals surface area (Å²) < 4.78 is 2.09. The summed E-state index contributed by atoms with van der Waals surface area (Å²) >= 11 is 0. The van der Waals surface area contributed by atoms with E-state index in [9.17, 15) is 0 Å². The average Bonchev–Trinajstić information content (AvgIpc) is 2.80. The Labute approximate surface area is 96.1 Å². The van der Waals surface area contributed by atoms with Crippen molar-refractivity contribution in [3.8, 4) is 0 Å². The summed E-state index contributed by atoms with van der Waals surface area (Å²) in [5.74, 6) is 0. The van der Waals surface area contributed by atoms with Gasteiger partial charge in [-0.05, 0) is 25.1 Å². The Morgan fingerprint density at radius 2 is 2.19 bits per heavy atom. The first kappa shape index (κ1) is 10.9. The van der Waals surface area contributed by atoms with Crippen molar-refractivity contribution in [2.45, 2.75) is 19.5 Å². The van der Waals surface area contributed by atoms with Gasteiger partial charge in [-0.3, -0.25) is 0 Å². The lowest BCUT2D eigenvalue weighted by Crippen LogP contribution is -2.22. The molecule has 1 aromatic carbocycles. The smallest absolute Gasteiger partial charge is 0.0946 e. The third kappa shape index (κ3) is 2.31. The van der Waals surface area contributed by atoms with E-state index in [0.29, 0.717) is 6.04 Å². The molecule has 0 saturated heterocycles. The Morgan fingerprint density at radius 1 is 1.38 bits per heavy atom. The molecule has 1 N–H and O–H groups in total. The largest absolute Gasteiger partial charge is 0.336 e. The van der Waals surface area contributed by atoms with Gasteiger partial charge >= 0.3 is 0 Å². The van der Waals surface area contributed by atoms with Crippen LogP contribution in [0.4, 0.5) is 0 Å². The van der Waals surface area contributed by atoms with Gasteiger partial charge in [0.25, 0.3) is 0 Å². The molecular weight excluding hydrogens is 198 g/mol. The minimum atomic E-state index is 0.329. The predicted molar refractivity (Wildman–Crippen MR) is 65.2 cm³/mol. The summed E-state index contributed by atoms with van der Waals surface area (Å²) in [6.45, 7) is 3.05. The van der Waals surface area contributed by atoms with E-state index in [2.05, 4.69) is 46.1 Å². The SMILES string of the molecule is CNC(Cn1ccnc1)c1ccccc1C. The van der Waals surface area contributed by atoms with Crippen LogP contribution in [0.1, 0.15) is 17.2 Å². The van der Waals surface area contributed by atoms with E-state index in [1.165, 1.54) is 11.1 Å². The van der Waals surface area contributed by atoms with Crippen LogP contribution in [-0.2, 0) is 6.54 Å². The van der Waals surface area contributed by atoms with E-state index in [0.717, 1.165) is 6.54 Å². The van der Waals surface area contributed by atoms with Crippen LogP contribution < -0.4 is 5.32 Å². The van der Waals surface area contributed by atoms with Crippen LogP contribution in [0, 0.1) is 6.92 Å². The highest BCUT2D eigenvalue weighted by Crippen LogP contribution is 2.18. The highest BCUT2D eigenvalue weighted by Gasteiger charge is 2.11. The molecule has 0 radical (unpaired) electrons. The lowest BCUT2D eigenvalue weighted by Gasteiger charge is -2.19. The summed E-state index contributed by atoms with van der Waals surface area (Å²) in [7, 11) is 1.99. The minimum absolute atomic E-state index is 0.329. The van der Waals surface area contributed by atoms with E-state index in [4.69, 9.17) is 0 Å². The van der Waals surface area contributed by atoms with Crippen molar-refractivity contribution in [3.63, 3.8) is 0 Å². The van der Waals surface area contributed by atoms with Crippen LogP contribution in [0.2, 0.25) is 0 Å². The first-order valence-corrected chi connectivity index (χ1v) is 5.50. The standard InChI is InChI=1S/C13H17N3/c1-11-5-3-4-6-12(11)13(14-2)9-16-8-7-15-10-16/h3-8,10,13-14H,9H2,1-2H3. The topological polar surface area (TPSA) is 29.9 Å². The number of hydrogen-bond acceptors (Lipinski definition) is 2. The van der Waals surface area contributed by atoms with Crippen molar-refractivity contribution in [3.05, 3.63) is 54.1 Å². The fourth-order valence-corrected chi connectivity index (χ4v) is 1.93. The van der Waals surface area contributed by atoms with Gasteiger partial charge in [0.1, 0.15) is 0 Å². The zero-order valence-corrected chi connectivity index (χ0v) is 9.72. The molecule has 1 atom stereocenters. The molecule has 0 aliphatic carbocycles. The van der Waals surface area contributed by atoms with Gasteiger partial charge in [-0.25, -0.2) is 4.98 Å². The molecule has 1 heterocycles. The van der Waals surface area contributed by atoms with Gasteiger partial charge < -0.3 is 9.88 Å². The summed E-state index contributed by atoms with van der Waals surface area (Å²) in [6.07, 6.45) is 5.65. The Bertz CT molecular complexity index is 434. The summed E-state index contributed by atoms with van der Waals surface area (Å²) in [6, 6.07) is 8.81. The predicted octanol–water partition coefficient (Wildman–Crippen LogP) is 2.15. The molecule has 84 valence electrons. The molecule has 3 nitrogen and oxygen atoms in total. The van der Waals surface area contributed by atoms with Crippen molar-refractivity contribution in [1.29, 1.82) is 0 Å². The van der Waals surface area contributed by atoms with E-state index < -0.39 is 0 Å². The Balaban J connectivity index is 2.20. The van der Waals surface area contributed by atoms with Gasteiger partial charge in [0.05, 0.1) is 12.4 Å². The monoisotopic (exact) mass is 215 g/mol. The Morgan fingerprint density at radius 3 is 2.81 bits per heavy atom. The molecule has 0 fully saturated rings. The number of aryl methyl sites for hydroxylation is 1. The quantitative estimate of drug-likeness (QED) is 0.847. The number of rotatable bonds is 4. The van der Waals surface area contributed by atoms with Crippen molar-refractivity contribution in [2.75, 3.05) is 7.05 Å². The van der Waals surface area contributed by atoms with Crippen LogP contribution in [-0.4, -0.2) is 16.6 Å². The molecular formula is C13H17N3. The van der Waals surface area contributed by atoms with Crippen molar-refractivity contribution < 1.29 is 0 Å². The van der Waals surface area contributed by atoms with Crippen LogP contribution >= 0.6 is 0 Å². The van der Waals surface area contributed by atoms with Crippen LogP contribution in [0.5, 0.6) is 0 Å². The van der Waals surface area contributed by atoms with Gasteiger partial charge in [0, 0.05) is 18.9 Å². The zero-order valence-electron chi connectivity index (χ0n) is 9.72. The second-order valence-electron chi connectivity index (χ2n) is 3.96. The van der Waals surface area contributed by atoms with Crippen LogP contribution in [0.15, 0.2) is 43.0 Å². The van der Waals surface area contributed by atoms with Crippen LogP contribution in [0.25, 0.3) is 0 Å². The summed E-state index contributed by atoms with van der Waals surface area (Å²) in [5, 5.41) is 3.35. The second-order valence-corrected chi connectivity index (χ2v) is 3.96. The highest BCUT2D eigenvalue weighted by atomic mass is 15.1. The van der Waals surface area contributed by atoms with Gasteiger partial charge in [-0.15, -0.1) is 0 Å². The maximum absolute atomic E-state index is 4.06. The number of nitrogens with zero attached hydrogens (tertiary/aromatic N) is 2. The molecule has 0 aliphatic heterocycles. The van der Waals surface area contributed by atoms with E-state index in [1.54, 1.807) is 0 Å². The van der Waals surface area contributed by atoms with Crippen molar-refractivity contribution in [2.24, 2.45) is 0 Å². The highest BCUT2D eigenvalue weighted by molar-refractivity contribution is 5.28. The van der Waals surface area contributed by atoms with Gasteiger partial charge in [-0.2, -0.15) is 0 Å². The summed E-state index contributed by atoms with van der Waals surface area (Å²) in [4.78, 5) is 4.06. The third-order valence-electron chi connectivity index (χ3n) is 2.86. The first-order chi connectivity index (χ1) is 7.81. The van der Waals surface area contributed by atoms with E-state index >= 15 is 0 Å². The fourth-order valence-electron chi connectivity index (χ4n) is 1.93. The molecule has 2 rings (SSSR count). The number of hydrogen-bond donors (Lipinski definition) is 1. The number of imidazole rings is 1. The molecule has 0 aliphatic rings. The number of likely N-dealkylation sites (N-methyl/N-ethyl adjacent to an activating group) is 1. The summed E-state index contributed by atoms with van der Waals surface area (Å²) in [5.41, 5.74) is 2.67. The second kappa shape index (κ2) is 4.94. The fraction of sp³-hybridized carbons (Fsp3) is 0.308. The Kier molecular flexibility index (Phi) is 3.37. The van der Waals surface area contributed by atoms with Crippen molar-refractivity contribution >= 4 is 0 Å². The lowest BCUT2D eigenvalue weighted by atomic mass is 10.0. The maximum Gasteiger partial charge on any atom is 0.0946 e. The van der Waals surface area contributed by atoms with Crippen molar-refractivity contribution in [1.82, 2.24) is 14.9 Å². The molecule has 0 spiro atoms. The molecule has 1 unspecified atom stereocenters. The average molecular weight is 215 g/mol. The van der Waals surface area contributed by atoms with Gasteiger partial charge in [0.15, 0.2) is 0 Å². The zero-order chi connectivity index (χ0) is 11.4. The van der Waals surface area contributed by atoms with Gasteiger partial charge in [-0.1, -0.05) is 24.3 Å². The lowest BCUT2D eigenvalue weighted by molar-refractivity contribution is 0.498. The molecule has 1 aromatic heterocycles. The molecule has 0 saturated carbocycles. The molecule has 3 heteroatoms. The molecule has 0 amide bonds. The maximum atomic E-state index is 4.06.